The van der Waals surface area contributed by atoms with Gasteiger partial charge in [-0.1, -0.05) is 30.3 Å². The molecule has 0 radical (unpaired) electrons. The van der Waals surface area contributed by atoms with Crippen molar-refractivity contribution in [3.05, 3.63) is 65.2 Å². The number of hydrogen-bond donors (Lipinski definition) is 0. The number of hydrogen-bond acceptors (Lipinski definition) is 3. The Hall–Kier alpha value is -2.43. The zero-order valence-electron chi connectivity index (χ0n) is 13.2. The smallest absolute Gasteiger partial charge is 0.316 e. The molecule has 0 heterocycles. The van der Waals surface area contributed by atoms with E-state index in [1.807, 2.05) is 30.3 Å². The van der Waals surface area contributed by atoms with E-state index in [2.05, 4.69) is 0 Å². The second kappa shape index (κ2) is 6.77. The van der Waals surface area contributed by atoms with Crippen molar-refractivity contribution in [3.63, 3.8) is 0 Å². The summed E-state index contributed by atoms with van der Waals surface area (Å²) in [4.78, 5) is 12.4. The standard InChI is InChI=1S/C18H18F2O3/c1-18(2,15-14(22-3)10-9-13(19)16(15)20)17(21)23-11-12-7-5-4-6-8-12/h4-10H,11H2,1-3H3. The Labute approximate surface area is 133 Å². The Morgan fingerprint density at radius 2 is 1.74 bits per heavy atom. The van der Waals surface area contributed by atoms with Gasteiger partial charge in [-0.3, -0.25) is 4.79 Å². The van der Waals surface area contributed by atoms with Gasteiger partial charge in [-0.25, -0.2) is 8.78 Å². The lowest BCUT2D eigenvalue weighted by molar-refractivity contribution is -0.150. The van der Waals surface area contributed by atoms with Crippen LogP contribution in [0.25, 0.3) is 0 Å². The topological polar surface area (TPSA) is 35.5 Å². The second-order valence-corrected chi connectivity index (χ2v) is 5.63. The summed E-state index contributed by atoms with van der Waals surface area (Å²) in [6, 6.07) is 11.4. The molecule has 2 aromatic rings. The van der Waals surface area contributed by atoms with Crippen molar-refractivity contribution in [3.8, 4) is 5.75 Å². The second-order valence-electron chi connectivity index (χ2n) is 5.63. The number of carbonyl (C=O) groups is 1. The number of rotatable bonds is 5. The Morgan fingerprint density at radius 3 is 2.35 bits per heavy atom. The molecule has 0 amide bonds. The van der Waals surface area contributed by atoms with Crippen molar-refractivity contribution in [1.82, 2.24) is 0 Å². The summed E-state index contributed by atoms with van der Waals surface area (Å²) >= 11 is 0. The van der Waals surface area contributed by atoms with Crippen LogP contribution in [0.4, 0.5) is 8.78 Å². The molecule has 0 bridgehead atoms. The Morgan fingerprint density at radius 1 is 1.09 bits per heavy atom. The van der Waals surface area contributed by atoms with E-state index in [-0.39, 0.29) is 17.9 Å². The zero-order valence-corrected chi connectivity index (χ0v) is 13.2. The summed E-state index contributed by atoms with van der Waals surface area (Å²) in [6.45, 7) is 3.00. The molecule has 0 unspecified atom stereocenters. The first-order valence-electron chi connectivity index (χ1n) is 7.11. The minimum Gasteiger partial charge on any atom is -0.496 e. The van der Waals surface area contributed by atoms with Crippen LogP contribution in [-0.2, 0) is 21.6 Å². The highest BCUT2D eigenvalue weighted by Gasteiger charge is 2.38. The lowest BCUT2D eigenvalue weighted by Crippen LogP contribution is -2.33. The van der Waals surface area contributed by atoms with Gasteiger partial charge in [0.1, 0.15) is 12.4 Å². The van der Waals surface area contributed by atoms with Gasteiger partial charge in [0, 0.05) is 5.56 Å². The molecule has 0 N–H and O–H groups in total. The van der Waals surface area contributed by atoms with Crippen LogP contribution in [0.15, 0.2) is 42.5 Å². The molecule has 0 aliphatic rings. The number of methoxy groups -OCH3 is 1. The maximum Gasteiger partial charge on any atom is 0.316 e. The molecule has 2 aromatic carbocycles. The van der Waals surface area contributed by atoms with Crippen LogP contribution in [0.2, 0.25) is 0 Å². The third-order valence-corrected chi connectivity index (χ3v) is 3.62. The SMILES string of the molecule is COc1ccc(F)c(F)c1C(C)(C)C(=O)OCc1ccccc1. The van der Waals surface area contributed by atoms with E-state index in [1.165, 1.54) is 27.0 Å². The van der Waals surface area contributed by atoms with E-state index < -0.39 is 23.0 Å². The highest BCUT2D eigenvalue weighted by atomic mass is 19.2. The normalized spacial score (nSPS) is 11.2. The average Bonchev–Trinajstić information content (AvgIpc) is 2.55. The maximum atomic E-state index is 14.2. The fourth-order valence-corrected chi connectivity index (χ4v) is 2.29. The molecule has 0 aromatic heterocycles. The molecule has 0 saturated carbocycles. The van der Waals surface area contributed by atoms with Crippen LogP contribution in [0.3, 0.4) is 0 Å². The summed E-state index contributed by atoms with van der Waals surface area (Å²) in [5.41, 5.74) is -0.742. The largest absolute Gasteiger partial charge is 0.496 e. The van der Waals surface area contributed by atoms with Gasteiger partial charge in [0.15, 0.2) is 11.6 Å². The number of halogens is 2. The quantitative estimate of drug-likeness (QED) is 0.781. The maximum absolute atomic E-state index is 14.2. The van der Waals surface area contributed by atoms with E-state index in [1.54, 1.807) is 0 Å². The number of ether oxygens (including phenoxy) is 2. The first-order valence-corrected chi connectivity index (χ1v) is 7.11. The minimum atomic E-state index is -1.40. The predicted octanol–water partition coefficient (Wildman–Crippen LogP) is 3.99. The first kappa shape index (κ1) is 16.9. The summed E-state index contributed by atoms with van der Waals surface area (Å²) in [7, 11) is 1.33. The Bertz CT molecular complexity index is 697. The van der Waals surface area contributed by atoms with Crippen molar-refractivity contribution >= 4 is 5.97 Å². The highest BCUT2D eigenvalue weighted by Crippen LogP contribution is 2.36. The van der Waals surface area contributed by atoms with Crippen LogP contribution < -0.4 is 4.74 Å². The van der Waals surface area contributed by atoms with Gasteiger partial charge in [-0.15, -0.1) is 0 Å². The molecular weight excluding hydrogens is 302 g/mol. The Balaban J connectivity index is 2.27. The third-order valence-electron chi connectivity index (χ3n) is 3.62. The van der Waals surface area contributed by atoms with E-state index in [4.69, 9.17) is 9.47 Å². The summed E-state index contributed by atoms with van der Waals surface area (Å²) < 4.78 is 38.1. The first-order chi connectivity index (χ1) is 10.9. The lowest BCUT2D eigenvalue weighted by atomic mass is 9.83. The molecule has 0 atom stereocenters. The molecule has 0 aliphatic heterocycles. The molecule has 0 spiro atoms. The van der Waals surface area contributed by atoms with Gasteiger partial charge in [0.25, 0.3) is 0 Å². The van der Waals surface area contributed by atoms with Crippen molar-refractivity contribution in [2.24, 2.45) is 0 Å². The van der Waals surface area contributed by atoms with Gasteiger partial charge in [0.05, 0.1) is 12.5 Å². The molecule has 0 fully saturated rings. The summed E-state index contributed by atoms with van der Waals surface area (Å²) in [6.07, 6.45) is 0. The van der Waals surface area contributed by atoms with Crippen LogP contribution >= 0.6 is 0 Å². The molecule has 5 heteroatoms. The van der Waals surface area contributed by atoms with Crippen LogP contribution in [0, 0.1) is 11.6 Å². The molecule has 2 rings (SSSR count). The zero-order chi connectivity index (χ0) is 17.0. The Kier molecular flexibility index (Phi) is 4.98. The lowest BCUT2D eigenvalue weighted by Gasteiger charge is -2.25. The number of esters is 1. The van der Waals surface area contributed by atoms with Gasteiger partial charge in [0.2, 0.25) is 0 Å². The van der Waals surface area contributed by atoms with Crippen molar-refractivity contribution in [1.29, 1.82) is 0 Å². The van der Waals surface area contributed by atoms with Gasteiger partial charge in [-0.2, -0.15) is 0 Å². The van der Waals surface area contributed by atoms with E-state index in [0.717, 1.165) is 11.6 Å². The van der Waals surface area contributed by atoms with E-state index in [0.29, 0.717) is 0 Å². The van der Waals surface area contributed by atoms with Crippen molar-refractivity contribution in [2.75, 3.05) is 7.11 Å². The monoisotopic (exact) mass is 320 g/mol. The van der Waals surface area contributed by atoms with E-state index in [9.17, 15) is 13.6 Å². The summed E-state index contributed by atoms with van der Waals surface area (Å²) in [5.74, 6) is -2.70. The van der Waals surface area contributed by atoms with Crippen molar-refractivity contribution in [2.45, 2.75) is 25.9 Å². The number of carbonyl (C=O) groups excluding carboxylic acids is 1. The minimum absolute atomic E-state index is 0.0579. The molecule has 3 nitrogen and oxygen atoms in total. The van der Waals surface area contributed by atoms with Gasteiger partial charge in [-0.05, 0) is 31.5 Å². The van der Waals surface area contributed by atoms with Crippen LogP contribution in [-0.4, -0.2) is 13.1 Å². The molecule has 0 saturated heterocycles. The molecule has 23 heavy (non-hydrogen) atoms. The van der Waals surface area contributed by atoms with Crippen molar-refractivity contribution < 1.29 is 23.0 Å². The fraction of sp³-hybridized carbons (Fsp3) is 0.278. The molecule has 122 valence electrons. The highest BCUT2D eigenvalue weighted by molar-refractivity contribution is 5.83. The number of benzene rings is 2. The molecular formula is C18H18F2O3. The van der Waals surface area contributed by atoms with Gasteiger partial charge >= 0.3 is 5.97 Å². The van der Waals surface area contributed by atoms with Crippen LogP contribution in [0.1, 0.15) is 25.0 Å². The summed E-state index contributed by atoms with van der Waals surface area (Å²) in [5, 5.41) is 0. The fourth-order valence-electron chi connectivity index (χ4n) is 2.29. The van der Waals surface area contributed by atoms with Gasteiger partial charge < -0.3 is 9.47 Å². The predicted molar refractivity (Wildman–Crippen MR) is 82.2 cm³/mol. The average molecular weight is 320 g/mol. The third kappa shape index (κ3) is 3.50. The van der Waals surface area contributed by atoms with E-state index >= 15 is 0 Å². The molecule has 0 aliphatic carbocycles. The van der Waals surface area contributed by atoms with Crippen LogP contribution in [0.5, 0.6) is 5.75 Å².